The highest BCUT2D eigenvalue weighted by atomic mass is 19.4. The number of halogens is 3. The van der Waals surface area contributed by atoms with E-state index in [1.807, 2.05) is 36.4 Å². The maximum Gasteiger partial charge on any atom is 0.416 e. The second kappa shape index (κ2) is 8.26. The van der Waals surface area contributed by atoms with Gasteiger partial charge in [-0.15, -0.1) is 0 Å². The summed E-state index contributed by atoms with van der Waals surface area (Å²) >= 11 is 0. The number of alkyl halides is 3. The van der Waals surface area contributed by atoms with Crippen LogP contribution in [0.2, 0.25) is 0 Å². The van der Waals surface area contributed by atoms with Gasteiger partial charge in [0, 0.05) is 12.0 Å². The largest absolute Gasteiger partial charge is 0.416 e. The highest BCUT2D eigenvalue weighted by Crippen LogP contribution is 2.47. The van der Waals surface area contributed by atoms with Crippen molar-refractivity contribution in [2.75, 3.05) is 19.6 Å². The van der Waals surface area contributed by atoms with Gasteiger partial charge in [-0.1, -0.05) is 42.5 Å². The van der Waals surface area contributed by atoms with Crippen molar-refractivity contribution in [3.8, 4) is 11.1 Å². The molecule has 2 aromatic carbocycles. The Bertz CT molecular complexity index is 782. The first kappa shape index (κ1) is 19.5. The highest BCUT2D eigenvalue weighted by molar-refractivity contribution is 5.65. The van der Waals surface area contributed by atoms with Crippen LogP contribution < -0.4 is 10.6 Å². The van der Waals surface area contributed by atoms with Crippen molar-refractivity contribution in [3.63, 3.8) is 0 Å². The van der Waals surface area contributed by atoms with Gasteiger partial charge in [-0.3, -0.25) is 0 Å². The standard InChI is InChI=1S/C23H27F3N2/c24-23(25,26)21-14-18(17-4-2-1-3-5-17)6-7-19(21)20-15-22(20)28-13-10-16-8-11-27-12-9-16/h1-7,14,16,20,22,27-28H,8-13,15H2/t20-,22+/m0/s1. The smallest absolute Gasteiger partial charge is 0.317 e. The molecule has 2 atom stereocenters. The predicted octanol–water partition coefficient (Wildman–Crippen LogP) is 5.21. The molecule has 0 amide bonds. The van der Waals surface area contributed by atoms with E-state index in [1.165, 1.54) is 18.9 Å². The molecule has 2 N–H and O–H groups in total. The molecular weight excluding hydrogens is 361 g/mol. The maximum absolute atomic E-state index is 13.7. The van der Waals surface area contributed by atoms with Crippen molar-refractivity contribution in [2.24, 2.45) is 5.92 Å². The SMILES string of the molecule is FC(F)(F)c1cc(-c2ccccc2)ccc1[C@@H]1C[C@H]1NCCC1CCNCC1. The Hall–Kier alpha value is -1.85. The molecule has 0 unspecified atom stereocenters. The van der Waals surface area contributed by atoms with Gasteiger partial charge in [-0.05, 0) is 74.0 Å². The van der Waals surface area contributed by atoms with E-state index in [1.54, 1.807) is 6.07 Å². The van der Waals surface area contributed by atoms with Crippen molar-refractivity contribution >= 4 is 0 Å². The zero-order valence-corrected chi connectivity index (χ0v) is 15.9. The summed E-state index contributed by atoms with van der Waals surface area (Å²) in [4.78, 5) is 0. The molecule has 5 heteroatoms. The second-order valence-corrected chi connectivity index (χ2v) is 8.05. The fourth-order valence-electron chi connectivity index (χ4n) is 4.34. The van der Waals surface area contributed by atoms with E-state index < -0.39 is 11.7 Å². The molecule has 0 bridgehead atoms. The number of rotatable bonds is 6. The number of hydrogen-bond donors (Lipinski definition) is 2. The lowest BCUT2D eigenvalue weighted by atomic mass is 9.94. The van der Waals surface area contributed by atoms with E-state index >= 15 is 0 Å². The monoisotopic (exact) mass is 388 g/mol. The minimum Gasteiger partial charge on any atom is -0.317 e. The van der Waals surface area contributed by atoms with Gasteiger partial charge >= 0.3 is 6.18 Å². The number of nitrogens with one attached hydrogen (secondary N) is 2. The predicted molar refractivity (Wildman–Crippen MR) is 106 cm³/mol. The van der Waals surface area contributed by atoms with Gasteiger partial charge in [0.15, 0.2) is 0 Å². The molecule has 1 saturated carbocycles. The maximum atomic E-state index is 13.7. The molecule has 0 radical (unpaired) electrons. The average molecular weight is 388 g/mol. The molecule has 2 aromatic rings. The fraction of sp³-hybridized carbons (Fsp3) is 0.478. The molecule has 4 rings (SSSR count). The minimum absolute atomic E-state index is 0.0329. The van der Waals surface area contributed by atoms with Gasteiger partial charge in [-0.25, -0.2) is 0 Å². The average Bonchev–Trinajstić information content (AvgIpc) is 3.48. The van der Waals surface area contributed by atoms with Crippen LogP contribution in [0.1, 0.15) is 42.7 Å². The van der Waals surface area contributed by atoms with Crippen LogP contribution in [0.25, 0.3) is 11.1 Å². The highest BCUT2D eigenvalue weighted by Gasteiger charge is 2.44. The summed E-state index contributed by atoms with van der Waals surface area (Å²) in [6.45, 7) is 3.06. The zero-order valence-electron chi connectivity index (χ0n) is 15.9. The van der Waals surface area contributed by atoms with Crippen molar-refractivity contribution in [3.05, 3.63) is 59.7 Å². The van der Waals surface area contributed by atoms with Crippen molar-refractivity contribution in [2.45, 2.75) is 43.8 Å². The van der Waals surface area contributed by atoms with E-state index in [9.17, 15) is 13.2 Å². The van der Waals surface area contributed by atoms with Crippen molar-refractivity contribution in [1.82, 2.24) is 10.6 Å². The Labute approximate surface area is 164 Å². The van der Waals surface area contributed by atoms with E-state index in [4.69, 9.17) is 0 Å². The molecule has 0 aromatic heterocycles. The van der Waals surface area contributed by atoms with Crippen LogP contribution in [0.3, 0.4) is 0 Å². The van der Waals surface area contributed by atoms with Crippen LogP contribution >= 0.6 is 0 Å². The molecule has 150 valence electrons. The molecule has 0 spiro atoms. The first-order chi connectivity index (χ1) is 13.5. The molecule has 28 heavy (non-hydrogen) atoms. The molecule has 1 saturated heterocycles. The first-order valence-corrected chi connectivity index (χ1v) is 10.2. The van der Waals surface area contributed by atoms with Crippen LogP contribution in [0, 0.1) is 5.92 Å². The summed E-state index contributed by atoms with van der Waals surface area (Å²) in [6.07, 6.45) is -0.0176. The Kier molecular flexibility index (Phi) is 5.74. The summed E-state index contributed by atoms with van der Waals surface area (Å²) in [6, 6.07) is 14.2. The molecule has 2 aliphatic rings. The lowest BCUT2D eigenvalue weighted by Gasteiger charge is -2.22. The third-order valence-corrected chi connectivity index (χ3v) is 6.07. The molecule has 2 nitrogen and oxygen atoms in total. The van der Waals surface area contributed by atoms with Crippen LogP contribution in [-0.2, 0) is 6.18 Å². The van der Waals surface area contributed by atoms with Crippen LogP contribution in [0.4, 0.5) is 13.2 Å². The lowest BCUT2D eigenvalue weighted by molar-refractivity contribution is -0.138. The van der Waals surface area contributed by atoms with Gasteiger partial charge in [0.25, 0.3) is 0 Å². The normalized spacial score (nSPS) is 23.0. The van der Waals surface area contributed by atoms with Gasteiger partial charge in [0.2, 0.25) is 0 Å². The van der Waals surface area contributed by atoms with Crippen molar-refractivity contribution < 1.29 is 13.2 Å². The van der Waals surface area contributed by atoms with Crippen LogP contribution in [0.5, 0.6) is 0 Å². The second-order valence-electron chi connectivity index (χ2n) is 8.05. The zero-order chi connectivity index (χ0) is 19.6. The van der Waals surface area contributed by atoms with E-state index in [0.717, 1.165) is 44.0 Å². The number of hydrogen-bond acceptors (Lipinski definition) is 2. The van der Waals surface area contributed by atoms with E-state index in [-0.39, 0.29) is 12.0 Å². The minimum atomic E-state index is -4.33. The van der Waals surface area contributed by atoms with Gasteiger partial charge in [0.05, 0.1) is 5.56 Å². The van der Waals surface area contributed by atoms with Crippen molar-refractivity contribution in [1.29, 1.82) is 0 Å². The molecule has 1 heterocycles. The lowest BCUT2D eigenvalue weighted by Crippen LogP contribution is -2.30. The third kappa shape index (κ3) is 4.58. The molecular formula is C23H27F3N2. The Morgan fingerprint density at radius 1 is 0.964 bits per heavy atom. The van der Waals surface area contributed by atoms with Crippen LogP contribution in [-0.4, -0.2) is 25.7 Å². The Balaban J connectivity index is 1.43. The molecule has 1 aliphatic heterocycles. The van der Waals surface area contributed by atoms with Gasteiger partial charge < -0.3 is 10.6 Å². The summed E-state index contributed by atoms with van der Waals surface area (Å²) in [7, 11) is 0. The first-order valence-electron chi connectivity index (χ1n) is 10.2. The fourth-order valence-corrected chi connectivity index (χ4v) is 4.34. The summed E-state index contributed by atoms with van der Waals surface area (Å²) in [5, 5.41) is 6.85. The van der Waals surface area contributed by atoms with Crippen LogP contribution in [0.15, 0.2) is 48.5 Å². The van der Waals surface area contributed by atoms with E-state index in [2.05, 4.69) is 10.6 Å². The summed E-state index contributed by atoms with van der Waals surface area (Å²) < 4.78 is 41.2. The topological polar surface area (TPSA) is 24.1 Å². The number of piperidine rings is 1. The molecule has 1 aliphatic carbocycles. The van der Waals surface area contributed by atoms with E-state index in [0.29, 0.717) is 11.1 Å². The summed E-state index contributed by atoms with van der Waals surface area (Å²) in [5.74, 6) is 0.705. The Morgan fingerprint density at radius 3 is 2.43 bits per heavy atom. The number of benzene rings is 2. The summed E-state index contributed by atoms with van der Waals surface area (Å²) in [5.41, 5.74) is 1.38. The Morgan fingerprint density at radius 2 is 1.71 bits per heavy atom. The molecule has 2 fully saturated rings. The third-order valence-electron chi connectivity index (χ3n) is 6.07. The quantitative estimate of drug-likeness (QED) is 0.710. The van der Waals surface area contributed by atoms with Gasteiger partial charge in [-0.2, -0.15) is 13.2 Å². The van der Waals surface area contributed by atoms with Gasteiger partial charge in [0.1, 0.15) is 0 Å².